The molecule has 18 heterocycles. The van der Waals surface area contributed by atoms with Crippen molar-refractivity contribution >= 4 is 221 Å². The summed E-state index contributed by atoms with van der Waals surface area (Å²) in [6.07, 6.45) is 7.39. The summed E-state index contributed by atoms with van der Waals surface area (Å²) >= 11 is 17.8. The molecule has 18 rings (SSSR count). The van der Waals surface area contributed by atoms with Gasteiger partial charge in [-0.1, -0.05) is 40.8 Å². The number of rotatable bonds is 15. The highest BCUT2D eigenvalue weighted by atomic mass is 79.9. The molecule has 0 bridgehead atoms. The van der Waals surface area contributed by atoms with E-state index in [2.05, 4.69) is 85.2 Å². The highest BCUT2D eigenvalue weighted by molar-refractivity contribution is 9.10. The smallest absolute Gasteiger partial charge is 0.389 e. The van der Waals surface area contributed by atoms with Crippen LogP contribution in [0.15, 0.2) is 101 Å². The first-order valence-corrected chi connectivity index (χ1v) is 56.0. The van der Waals surface area contributed by atoms with E-state index in [1.807, 2.05) is 0 Å². The summed E-state index contributed by atoms with van der Waals surface area (Å²) in [5, 5.41) is 35.2. The maximum Gasteiger partial charge on any atom is 0.389 e. The van der Waals surface area contributed by atoms with E-state index >= 15 is 0 Å². The molecule has 6 aromatic heterocycles. The molecule has 12 aliphatic heterocycles. The third-order valence-electron chi connectivity index (χ3n) is 19.8. The number of aromatic amines is 1. The molecule has 0 saturated carbocycles. The summed E-state index contributed by atoms with van der Waals surface area (Å²) in [7, 11) is 0. The molecule has 0 radical (unpaired) electrons. The number of fused-ring (bicyclic) bond motifs is 8. The lowest BCUT2D eigenvalue weighted by molar-refractivity contribution is -0.133. The van der Waals surface area contributed by atoms with Gasteiger partial charge in [0, 0.05) is 49.4 Å². The number of Topliss-reactive ketones (excluding diaryl/α,β-unsaturated/α-hetero) is 2. The Kier molecular flexibility index (Phi) is 28.8. The van der Waals surface area contributed by atoms with Crippen LogP contribution in [0, 0.1) is 4.77 Å². The van der Waals surface area contributed by atoms with Crippen molar-refractivity contribution in [3.05, 3.63) is 95.1 Å². The van der Waals surface area contributed by atoms with Crippen LogP contribution in [0.3, 0.4) is 0 Å². The van der Waals surface area contributed by atoms with Crippen molar-refractivity contribution in [2.45, 2.75) is 135 Å². The quantitative estimate of drug-likeness (QED) is 0.0152. The Morgan fingerprint density at radius 3 is 1.48 bits per heavy atom. The van der Waals surface area contributed by atoms with E-state index in [0.29, 0.717) is 96.0 Å². The number of nitrogens with one attached hydrogen (secondary N) is 2. The topological polar surface area (TPSA) is 566 Å². The van der Waals surface area contributed by atoms with Gasteiger partial charge in [0.1, 0.15) is 126 Å². The number of anilines is 3. The summed E-state index contributed by atoms with van der Waals surface area (Å²) in [4.78, 5) is 67.4. The van der Waals surface area contributed by atoms with Gasteiger partial charge in [0.15, 0.2) is 50.3 Å². The maximum atomic E-state index is 12.5. The zero-order valence-electron chi connectivity index (χ0n) is 63.7. The number of carbonyl (C=O) groups is 3. The number of pyridine rings is 3. The van der Waals surface area contributed by atoms with E-state index in [4.69, 9.17) is 104 Å². The number of hydrogen-bond donors (Lipinski definition) is 9. The molecule has 57 heteroatoms. The Bertz CT molecular complexity index is 5420. The lowest BCUT2D eigenvalue weighted by Gasteiger charge is -2.32. The van der Waals surface area contributed by atoms with E-state index < -0.39 is 119 Å². The van der Waals surface area contributed by atoms with Crippen molar-refractivity contribution in [3.63, 3.8) is 0 Å². The number of alkyl halides is 1. The van der Waals surface area contributed by atoms with E-state index in [1.54, 1.807) is 106 Å². The zero-order chi connectivity index (χ0) is 86.0. The molecule has 43 nitrogen and oxygen atoms in total. The summed E-state index contributed by atoms with van der Waals surface area (Å²) in [6.45, 7) is -5.97. The number of H-pyrrole nitrogens is 1. The van der Waals surface area contributed by atoms with E-state index in [9.17, 15) is 52.5 Å². The molecule has 654 valence electrons. The molecule has 0 spiro atoms. The number of aliphatic imine (C=N–C) groups is 1. The van der Waals surface area contributed by atoms with Gasteiger partial charge in [-0.25, -0.2) is 52.7 Å². The molecule has 0 aromatic carbocycles. The Balaban J connectivity index is 0.000000124. The van der Waals surface area contributed by atoms with Gasteiger partial charge >= 0.3 is 34.0 Å². The number of halogens is 2. The Morgan fingerprint density at radius 2 is 1.01 bits per heavy atom. The third-order valence-corrected chi connectivity index (χ3v) is 38.9. The number of aliphatic hydroxyl groups excluding tert-OH is 3. The normalized spacial score (nSPS) is 36.0. The van der Waals surface area contributed by atoms with E-state index in [-0.39, 0.29) is 92.1 Å². The molecule has 10 fully saturated rings. The second-order valence-corrected chi connectivity index (χ2v) is 50.6. The fraction of sp³-hybridized carbons (Fsp3) is 0.524. The fourth-order valence-corrected chi connectivity index (χ4v) is 26.9. The Morgan fingerprint density at radius 1 is 0.583 bits per heavy atom. The van der Waals surface area contributed by atoms with Crippen LogP contribution in [0.5, 0.6) is 0 Å². The number of ether oxygens (including phenoxy) is 5. The molecule has 12 aliphatic rings. The summed E-state index contributed by atoms with van der Waals surface area (Å²) in [5.41, 5.74) is 28.1. The highest BCUT2D eigenvalue weighted by Gasteiger charge is 2.57. The minimum absolute atomic E-state index is 0.0146. The van der Waals surface area contributed by atoms with Gasteiger partial charge in [0.2, 0.25) is 11.6 Å². The first-order chi connectivity index (χ1) is 57.1. The second kappa shape index (κ2) is 37.6. The van der Waals surface area contributed by atoms with Crippen LogP contribution >= 0.6 is 147 Å². The summed E-state index contributed by atoms with van der Waals surface area (Å²) in [5.74, 6) is -0.0861. The van der Waals surface area contributed by atoms with Gasteiger partial charge in [0.05, 0.1) is 61.2 Å². The second-order valence-electron chi connectivity index (χ2n) is 27.1. The van der Waals surface area contributed by atoms with Crippen LogP contribution < -0.4 is 28.3 Å². The van der Waals surface area contributed by atoms with Crippen molar-refractivity contribution in [3.8, 4) is 0 Å². The number of carbonyl (C=O) groups excluding carboxylic acids is 3. The van der Waals surface area contributed by atoms with Crippen molar-refractivity contribution in [1.82, 2.24) is 58.7 Å². The maximum absolute atomic E-state index is 12.5. The van der Waals surface area contributed by atoms with Gasteiger partial charge in [-0.3, -0.25) is 73.3 Å². The standard InChI is InChI=1S/C16H18BrN4O7PS2.C12H14BrN4O5PS.C12H15N4O5PS2.C12H17N2O5PS.C11H16N3O4PS/c1-30-29(25)26-5-10-13(28-29)12(24)15(27-10)21-14-11(7(18)2-3-19-14)20-16(21)31-6-9(23)8(22)4-17;1-24-23(19)20-4-6-9(22-23)8(18)11(21-6)17-10-7(16-12(17)13)5(14)2-3-15-10;1-24-22(18)19-4-6-9(21-22)8(17)11(20-6)16-10-7(15-12(16)23)5(13)2-3-14-10;1-7-5-14(8(2)13-12(7)15)11-4-9-10(18-11)6-17-20(16,19-9)21-3;1-7-13-10(12)3-4-14(7)11-5-8-9(17-11)6-16-19(15,18-8)20-2/h2-3,10,12-13,15,24H,4-6H2,1H3,(H2,18,19);2-3,6,8-9,11,18H,4H2,1H3,(H2,14,15);2-3,6,8-9,11,17H,4H2,1H3,(H2,13,14)(H,15,23);5,9-11H,2,4,6H2,1,3H3,(H,13,15);3-4,8-9,11H,1,5-6H2,2H3,(H2,12,13)/t10-,12?,13?,15-,29?;6-,8?,9?,11-,23?;6-,8?,9?,11-,22?;9?,10-,11-,20?;8?,9-,11-,19?/m11111/s1. The van der Waals surface area contributed by atoms with Crippen LogP contribution in [0.4, 0.5) is 17.1 Å². The Labute approximate surface area is 729 Å². The zero-order valence-corrected chi connectivity index (χ0v) is 77.0. The average molecular weight is 2030 g/mol. The molecule has 13 unspecified atom stereocenters. The minimum Gasteiger partial charge on any atom is -0.397 e. The average Bonchev–Trinajstić information content (AvgIpc) is 1.60. The SMILES string of the molecule is C=C1N=C(N)C=CN1[C@H]1CC2OP(=O)(SC)OC[C@H]2O1.C=C1NC(=O)C(C)=CN1[C@H]1CC2OP(=O)(SC)OC[C@H]2O1.CSP1(=O)OC[C@H]2O[C@@H](n3c(=S)[nH]c4c(N)ccnc43)C(O)C2O1.CSP1(=O)OC[C@H]2O[C@@H](n3c(Br)nc4c(N)ccnc43)C(O)C2O1.CSP1(=O)OC[C@H]2O[C@@H](n3c(SCC(=O)C(=O)CBr)nc4c(N)ccnc43)C(O)C2O1. The van der Waals surface area contributed by atoms with E-state index in [1.165, 1.54) is 10.8 Å². The fourth-order valence-electron chi connectivity index (χ4n) is 13.8. The third kappa shape index (κ3) is 19.0. The number of imidazole rings is 3. The number of nitrogens with zero attached hydrogens (tertiary/aromatic N) is 11. The monoisotopic (exact) mass is 2030 g/mol. The number of nitrogen functional groups attached to an aromatic ring is 3. The van der Waals surface area contributed by atoms with Crippen molar-refractivity contribution < 1.29 is 121 Å². The summed E-state index contributed by atoms with van der Waals surface area (Å²) in [6, 6.07) is 4.86. The van der Waals surface area contributed by atoms with Crippen LogP contribution in [0.2, 0.25) is 0 Å². The molecule has 1 amide bonds. The molecule has 13 N–H and O–H groups in total. The van der Waals surface area contributed by atoms with Crippen molar-refractivity contribution in [1.29, 1.82) is 0 Å². The molecular weight excluding hydrogens is 1950 g/mol. The number of aromatic nitrogens is 9. The predicted molar refractivity (Wildman–Crippen MR) is 456 cm³/mol. The number of ketones is 2. The number of amidine groups is 1. The van der Waals surface area contributed by atoms with Crippen molar-refractivity contribution in [2.24, 2.45) is 10.7 Å². The molecule has 23 atom stereocenters. The van der Waals surface area contributed by atoms with Crippen LogP contribution in [-0.2, 0) is 106 Å². The van der Waals surface area contributed by atoms with Crippen molar-refractivity contribution in [2.75, 3.05) is 92.6 Å². The minimum atomic E-state index is -3.39. The van der Waals surface area contributed by atoms with Crippen LogP contribution in [-0.4, -0.2) is 259 Å². The van der Waals surface area contributed by atoms with Gasteiger partial charge < -0.3 is 82.0 Å². The largest absolute Gasteiger partial charge is 0.397 e. The molecule has 6 aromatic rings. The van der Waals surface area contributed by atoms with Gasteiger partial charge in [-0.15, -0.1) is 0 Å². The Hall–Kier alpha value is -4.19. The van der Waals surface area contributed by atoms with Gasteiger partial charge in [-0.2, -0.15) is 0 Å². The van der Waals surface area contributed by atoms with Crippen LogP contribution in [0.1, 0.15) is 38.4 Å². The van der Waals surface area contributed by atoms with Crippen LogP contribution in [0.25, 0.3) is 33.5 Å². The molecule has 120 heavy (non-hydrogen) atoms. The predicted octanol–water partition coefficient (Wildman–Crippen LogP) is 8.97. The summed E-state index contributed by atoms with van der Waals surface area (Å²) < 4.78 is 150. The first kappa shape index (κ1) is 92.0. The van der Waals surface area contributed by atoms with Gasteiger partial charge in [0.25, 0.3) is 5.91 Å². The van der Waals surface area contributed by atoms with E-state index in [0.717, 1.165) is 68.7 Å². The number of nitrogens with two attached hydrogens (primary N) is 4. The highest BCUT2D eigenvalue weighted by Crippen LogP contribution is 2.68. The molecule has 10 saturated heterocycles. The lowest BCUT2D eigenvalue weighted by atomic mass is 10.1. The number of amides is 1. The number of aliphatic hydroxyl groups is 3. The number of hydrogen-bond acceptors (Lipinski definition) is 45. The molecule has 0 aliphatic carbocycles. The molecular formula is C63H80Br2N17O26P5S7. The van der Waals surface area contributed by atoms with Gasteiger partial charge in [-0.05, 0) is 148 Å². The number of thioether (sulfide) groups is 1. The lowest BCUT2D eigenvalue weighted by Crippen LogP contribution is -2.42. The first-order valence-electron chi connectivity index (χ1n) is 35.8.